The minimum Gasteiger partial charge on any atom is -0.339 e. The maximum atomic E-state index is 5.86. The molecule has 0 saturated heterocycles. The van der Waals surface area contributed by atoms with E-state index in [0.717, 1.165) is 11.1 Å². The molecule has 0 amide bonds. The van der Waals surface area contributed by atoms with Gasteiger partial charge in [0.1, 0.15) is 0 Å². The van der Waals surface area contributed by atoms with Crippen molar-refractivity contribution in [2.75, 3.05) is 6.54 Å². The van der Waals surface area contributed by atoms with E-state index in [0.29, 0.717) is 24.7 Å². The van der Waals surface area contributed by atoms with E-state index in [-0.39, 0.29) is 5.92 Å². The predicted molar refractivity (Wildman–Crippen MR) is 78.7 cm³/mol. The summed E-state index contributed by atoms with van der Waals surface area (Å²) in [5.41, 5.74) is 8.04. The molecule has 5 nitrogen and oxygen atoms in total. The minimum absolute atomic E-state index is 0.0649. The van der Waals surface area contributed by atoms with E-state index >= 15 is 0 Å². The Morgan fingerprint density at radius 2 is 1.81 bits per heavy atom. The van der Waals surface area contributed by atoms with Crippen molar-refractivity contribution >= 4 is 0 Å². The third-order valence-corrected chi connectivity index (χ3v) is 3.33. The number of nitrogens with two attached hydrogens (primary N) is 1. The molecule has 5 heteroatoms. The third-order valence-electron chi connectivity index (χ3n) is 3.33. The second-order valence-electron chi connectivity index (χ2n) is 4.78. The molecule has 106 valence electrons. The Labute approximate surface area is 122 Å². The summed E-state index contributed by atoms with van der Waals surface area (Å²) in [6.45, 7) is 0.431. The van der Waals surface area contributed by atoms with Crippen molar-refractivity contribution < 1.29 is 4.52 Å². The first-order valence-electron chi connectivity index (χ1n) is 6.83. The summed E-state index contributed by atoms with van der Waals surface area (Å²) < 4.78 is 5.39. The lowest BCUT2D eigenvalue weighted by Gasteiger charge is -2.09. The zero-order valence-electron chi connectivity index (χ0n) is 11.5. The van der Waals surface area contributed by atoms with Gasteiger partial charge in [0.25, 0.3) is 0 Å². The summed E-state index contributed by atoms with van der Waals surface area (Å²) in [5.74, 6) is 1.16. The lowest BCUT2D eigenvalue weighted by molar-refractivity contribution is 0.362. The topological polar surface area (TPSA) is 77.8 Å². The fourth-order valence-electron chi connectivity index (χ4n) is 2.23. The molecule has 21 heavy (non-hydrogen) atoms. The highest BCUT2D eigenvalue weighted by molar-refractivity contribution is 5.25. The molecule has 2 heterocycles. The molecule has 1 atom stereocenters. The molecule has 0 aliphatic rings. The first-order valence-corrected chi connectivity index (χ1v) is 6.83. The fraction of sp³-hybridized carbons (Fsp3) is 0.188. The molecule has 1 unspecified atom stereocenters. The molecule has 3 rings (SSSR count). The summed E-state index contributed by atoms with van der Waals surface area (Å²) in [6, 6.07) is 13.8. The normalized spacial score (nSPS) is 12.2. The monoisotopic (exact) mass is 280 g/mol. The van der Waals surface area contributed by atoms with Crippen molar-refractivity contribution in [3.63, 3.8) is 0 Å². The Balaban J connectivity index is 1.80. The number of rotatable bonds is 5. The smallest absolute Gasteiger partial charge is 0.235 e. The van der Waals surface area contributed by atoms with Crippen LogP contribution >= 0.6 is 0 Å². The van der Waals surface area contributed by atoms with Crippen LogP contribution in [0.2, 0.25) is 0 Å². The second kappa shape index (κ2) is 6.28. The summed E-state index contributed by atoms with van der Waals surface area (Å²) in [4.78, 5) is 8.47. The zero-order valence-corrected chi connectivity index (χ0v) is 11.5. The van der Waals surface area contributed by atoms with Gasteiger partial charge in [-0.1, -0.05) is 35.5 Å². The number of pyridine rings is 1. The highest BCUT2D eigenvalue weighted by Gasteiger charge is 2.19. The number of hydrogen-bond donors (Lipinski definition) is 1. The number of benzene rings is 1. The standard InChI is InChI=1S/C16H16N4O/c17-11-14(13-4-2-1-3-5-13)16-19-15(20-21-16)10-12-6-8-18-9-7-12/h1-9,14H,10-11,17H2. The largest absolute Gasteiger partial charge is 0.339 e. The van der Waals surface area contributed by atoms with E-state index in [1.807, 2.05) is 42.5 Å². The van der Waals surface area contributed by atoms with Crippen molar-refractivity contribution in [3.8, 4) is 0 Å². The first-order chi connectivity index (χ1) is 10.4. The molecule has 3 aromatic rings. The minimum atomic E-state index is -0.0649. The van der Waals surface area contributed by atoms with Gasteiger partial charge in [0, 0.05) is 25.4 Å². The van der Waals surface area contributed by atoms with Gasteiger partial charge in [0.2, 0.25) is 5.89 Å². The molecular formula is C16H16N4O. The van der Waals surface area contributed by atoms with Crippen LogP contribution in [0, 0.1) is 0 Å². The van der Waals surface area contributed by atoms with Gasteiger partial charge >= 0.3 is 0 Å². The molecule has 0 bridgehead atoms. The molecule has 2 N–H and O–H groups in total. The average Bonchev–Trinajstić information content (AvgIpc) is 2.98. The van der Waals surface area contributed by atoms with E-state index in [4.69, 9.17) is 10.3 Å². The second-order valence-corrected chi connectivity index (χ2v) is 4.78. The predicted octanol–water partition coefficient (Wildman–Crippen LogP) is 2.15. The molecule has 0 aliphatic heterocycles. The number of hydrogen-bond acceptors (Lipinski definition) is 5. The van der Waals surface area contributed by atoms with Crippen LogP contribution in [0.25, 0.3) is 0 Å². The van der Waals surface area contributed by atoms with Gasteiger partial charge in [-0.15, -0.1) is 0 Å². The van der Waals surface area contributed by atoms with Crippen LogP contribution in [-0.2, 0) is 6.42 Å². The third kappa shape index (κ3) is 3.14. The van der Waals surface area contributed by atoms with E-state index in [2.05, 4.69) is 15.1 Å². The zero-order chi connectivity index (χ0) is 14.5. The molecular weight excluding hydrogens is 264 g/mol. The van der Waals surface area contributed by atoms with Crippen LogP contribution < -0.4 is 5.73 Å². The van der Waals surface area contributed by atoms with Gasteiger partial charge in [-0.3, -0.25) is 4.98 Å². The van der Waals surface area contributed by atoms with E-state index in [1.54, 1.807) is 12.4 Å². The molecule has 0 saturated carbocycles. The molecule has 0 spiro atoms. The van der Waals surface area contributed by atoms with Crippen molar-refractivity contribution in [1.29, 1.82) is 0 Å². The molecule has 0 fully saturated rings. The van der Waals surface area contributed by atoms with Crippen molar-refractivity contribution in [2.45, 2.75) is 12.3 Å². The molecule has 1 aromatic carbocycles. The van der Waals surface area contributed by atoms with E-state index in [9.17, 15) is 0 Å². The lowest BCUT2D eigenvalue weighted by Crippen LogP contribution is -2.14. The van der Waals surface area contributed by atoms with Crippen LogP contribution in [0.4, 0.5) is 0 Å². The Morgan fingerprint density at radius 3 is 2.52 bits per heavy atom. The first kappa shape index (κ1) is 13.5. The van der Waals surface area contributed by atoms with Gasteiger partial charge < -0.3 is 10.3 Å². The maximum Gasteiger partial charge on any atom is 0.235 e. The quantitative estimate of drug-likeness (QED) is 0.774. The average molecular weight is 280 g/mol. The Kier molecular flexibility index (Phi) is 4.02. The molecule has 2 aromatic heterocycles. The van der Waals surface area contributed by atoms with Crippen LogP contribution in [0.3, 0.4) is 0 Å². The SMILES string of the molecule is NCC(c1ccccc1)c1nc(Cc2ccncc2)no1. The molecule has 0 aliphatic carbocycles. The highest BCUT2D eigenvalue weighted by Crippen LogP contribution is 2.22. The summed E-state index contributed by atoms with van der Waals surface area (Å²) in [7, 11) is 0. The number of nitrogens with zero attached hydrogens (tertiary/aromatic N) is 3. The summed E-state index contributed by atoms with van der Waals surface area (Å²) in [6.07, 6.45) is 4.13. The Morgan fingerprint density at radius 1 is 1.05 bits per heavy atom. The Hall–Kier alpha value is -2.53. The summed E-state index contributed by atoms with van der Waals surface area (Å²) in [5, 5.41) is 4.04. The fourth-order valence-corrected chi connectivity index (χ4v) is 2.23. The maximum absolute atomic E-state index is 5.86. The van der Waals surface area contributed by atoms with E-state index in [1.165, 1.54) is 0 Å². The van der Waals surface area contributed by atoms with E-state index < -0.39 is 0 Å². The van der Waals surface area contributed by atoms with Crippen LogP contribution in [0.1, 0.15) is 28.8 Å². The van der Waals surface area contributed by atoms with Crippen molar-refractivity contribution in [1.82, 2.24) is 15.1 Å². The van der Waals surface area contributed by atoms with Gasteiger partial charge in [-0.2, -0.15) is 4.98 Å². The van der Waals surface area contributed by atoms with Gasteiger partial charge in [-0.25, -0.2) is 0 Å². The Bertz CT molecular complexity index is 682. The van der Waals surface area contributed by atoms with Crippen LogP contribution in [0.15, 0.2) is 59.4 Å². The van der Waals surface area contributed by atoms with Crippen molar-refractivity contribution in [3.05, 3.63) is 77.7 Å². The van der Waals surface area contributed by atoms with Gasteiger partial charge in [-0.05, 0) is 23.3 Å². The van der Waals surface area contributed by atoms with Crippen LogP contribution in [-0.4, -0.2) is 21.7 Å². The van der Waals surface area contributed by atoms with Gasteiger partial charge in [0.15, 0.2) is 5.82 Å². The van der Waals surface area contributed by atoms with Gasteiger partial charge in [0.05, 0.1) is 5.92 Å². The number of aromatic nitrogens is 3. The van der Waals surface area contributed by atoms with Crippen LogP contribution in [0.5, 0.6) is 0 Å². The van der Waals surface area contributed by atoms with Crippen molar-refractivity contribution in [2.24, 2.45) is 5.73 Å². The lowest BCUT2D eigenvalue weighted by atomic mass is 9.99. The highest BCUT2D eigenvalue weighted by atomic mass is 16.5. The summed E-state index contributed by atoms with van der Waals surface area (Å²) >= 11 is 0. The molecule has 0 radical (unpaired) electrons.